The summed E-state index contributed by atoms with van der Waals surface area (Å²) in [6.45, 7) is 6.81. The summed E-state index contributed by atoms with van der Waals surface area (Å²) < 4.78 is 5.42. The smallest absolute Gasteiger partial charge is 0.163 e. The summed E-state index contributed by atoms with van der Waals surface area (Å²) >= 11 is 0. The summed E-state index contributed by atoms with van der Waals surface area (Å²) in [5.74, 6) is 0.949. The SMILES string of the molecule is CCCN(CCC)[C@@H]1CCc2ccc(O)c(OC)c2C1. The molecule has 0 bridgehead atoms. The van der Waals surface area contributed by atoms with Crippen LogP contribution in [0.15, 0.2) is 12.1 Å². The van der Waals surface area contributed by atoms with Crippen LogP contribution in [0, 0.1) is 0 Å². The summed E-state index contributed by atoms with van der Waals surface area (Å²) in [4.78, 5) is 2.60. The second kappa shape index (κ2) is 6.98. The Morgan fingerprint density at radius 1 is 1.25 bits per heavy atom. The Labute approximate surface area is 122 Å². The first-order valence-electron chi connectivity index (χ1n) is 7.83. The normalized spacial score (nSPS) is 18.1. The maximum atomic E-state index is 9.96. The molecule has 2 rings (SSSR count). The first kappa shape index (κ1) is 15.2. The average molecular weight is 277 g/mol. The minimum absolute atomic E-state index is 0.268. The molecule has 0 spiro atoms. The van der Waals surface area contributed by atoms with Gasteiger partial charge in [-0.3, -0.25) is 0 Å². The summed E-state index contributed by atoms with van der Waals surface area (Å²) in [6.07, 6.45) is 5.68. The summed E-state index contributed by atoms with van der Waals surface area (Å²) in [6, 6.07) is 4.39. The van der Waals surface area contributed by atoms with Crippen molar-refractivity contribution in [1.82, 2.24) is 4.90 Å². The number of phenols is 1. The van der Waals surface area contributed by atoms with Gasteiger partial charge in [0.05, 0.1) is 7.11 Å². The van der Waals surface area contributed by atoms with Crippen molar-refractivity contribution in [3.63, 3.8) is 0 Å². The van der Waals surface area contributed by atoms with Crippen molar-refractivity contribution in [2.24, 2.45) is 0 Å². The Kier molecular flexibility index (Phi) is 5.30. The fraction of sp³-hybridized carbons (Fsp3) is 0.647. The van der Waals surface area contributed by atoms with E-state index in [0.717, 1.165) is 25.9 Å². The van der Waals surface area contributed by atoms with Crippen LogP contribution in [0.2, 0.25) is 0 Å². The summed E-state index contributed by atoms with van der Waals surface area (Å²) in [5.41, 5.74) is 2.55. The zero-order chi connectivity index (χ0) is 14.5. The van der Waals surface area contributed by atoms with Gasteiger partial charge in [0.2, 0.25) is 0 Å². The topological polar surface area (TPSA) is 32.7 Å². The quantitative estimate of drug-likeness (QED) is 0.865. The minimum atomic E-state index is 0.268. The van der Waals surface area contributed by atoms with E-state index in [-0.39, 0.29) is 5.75 Å². The fourth-order valence-corrected chi connectivity index (χ4v) is 3.36. The molecule has 1 aromatic carbocycles. The number of nitrogens with zero attached hydrogens (tertiary/aromatic N) is 1. The van der Waals surface area contributed by atoms with Crippen molar-refractivity contribution in [3.8, 4) is 11.5 Å². The molecule has 0 radical (unpaired) electrons. The van der Waals surface area contributed by atoms with Crippen molar-refractivity contribution in [2.75, 3.05) is 20.2 Å². The van der Waals surface area contributed by atoms with E-state index in [2.05, 4.69) is 18.7 Å². The third kappa shape index (κ3) is 3.09. The molecule has 0 amide bonds. The van der Waals surface area contributed by atoms with Crippen molar-refractivity contribution in [3.05, 3.63) is 23.3 Å². The first-order chi connectivity index (χ1) is 9.71. The van der Waals surface area contributed by atoms with Gasteiger partial charge in [-0.15, -0.1) is 0 Å². The zero-order valence-electron chi connectivity index (χ0n) is 13.0. The van der Waals surface area contributed by atoms with Gasteiger partial charge in [-0.2, -0.15) is 0 Å². The Hall–Kier alpha value is -1.22. The molecular formula is C17H27NO2. The highest BCUT2D eigenvalue weighted by atomic mass is 16.5. The largest absolute Gasteiger partial charge is 0.504 e. The van der Waals surface area contributed by atoms with Gasteiger partial charge in [-0.25, -0.2) is 0 Å². The minimum Gasteiger partial charge on any atom is -0.504 e. The van der Waals surface area contributed by atoms with Crippen LogP contribution in [0.25, 0.3) is 0 Å². The molecule has 0 aromatic heterocycles. The molecule has 0 unspecified atom stereocenters. The number of benzene rings is 1. The van der Waals surface area contributed by atoms with Gasteiger partial charge >= 0.3 is 0 Å². The number of ether oxygens (including phenoxy) is 1. The Morgan fingerprint density at radius 3 is 2.55 bits per heavy atom. The first-order valence-corrected chi connectivity index (χ1v) is 7.83. The molecule has 3 nitrogen and oxygen atoms in total. The number of aromatic hydroxyl groups is 1. The van der Waals surface area contributed by atoms with Gasteiger partial charge in [0.1, 0.15) is 0 Å². The number of fused-ring (bicyclic) bond motifs is 1. The molecule has 1 aliphatic rings. The van der Waals surface area contributed by atoms with E-state index in [4.69, 9.17) is 4.74 Å². The number of aryl methyl sites for hydroxylation is 1. The third-order valence-corrected chi connectivity index (χ3v) is 4.27. The van der Waals surface area contributed by atoms with E-state index < -0.39 is 0 Å². The van der Waals surface area contributed by atoms with E-state index >= 15 is 0 Å². The van der Waals surface area contributed by atoms with E-state index in [0.29, 0.717) is 11.8 Å². The van der Waals surface area contributed by atoms with Gasteiger partial charge < -0.3 is 14.7 Å². The number of hydrogen-bond acceptors (Lipinski definition) is 3. The van der Waals surface area contributed by atoms with Crippen LogP contribution in [0.4, 0.5) is 0 Å². The molecule has 1 aliphatic carbocycles. The van der Waals surface area contributed by atoms with Crippen LogP contribution in [0.5, 0.6) is 11.5 Å². The van der Waals surface area contributed by atoms with E-state index in [1.165, 1.54) is 30.4 Å². The molecule has 0 saturated heterocycles. The number of hydrogen-bond donors (Lipinski definition) is 1. The number of rotatable bonds is 6. The second-order valence-corrected chi connectivity index (χ2v) is 5.69. The average Bonchev–Trinajstić information content (AvgIpc) is 2.46. The van der Waals surface area contributed by atoms with Crippen molar-refractivity contribution in [1.29, 1.82) is 0 Å². The predicted molar refractivity (Wildman–Crippen MR) is 82.6 cm³/mol. The lowest BCUT2D eigenvalue weighted by Crippen LogP contribution is -2.40. The summed E-state index contributed by atoms with van der Waals surface area (Å²) in [7, 11) is 1.65. The van der Waals surface area contributed by atoms with Crippen LogP contribution < -0.4 is 4.74 Å². The lowest BCUT2D eigenvalue weighted by molar-refractivity contribution is 0.178. The van der Waals surface area contributed by atoms with Gasteiger partial charge in [0.25, 0.3) is 0 Å². The van der Waals surface area contributed by atoms with Crippen LogP contribution in [-0.2, 0) is 12.8 Å². The van der Waals surface area contributed by atoms with E-state index in [9.17, 15) is 5.11 Å². The van der Waals surface area contributed by atoms with Crippen molar-refractivity contribution >= 4 is 0 Å². The van der Waals surface area contributed by atoms with Gasteiger partial charge in [0, 0.05) is 11.6 Å². The molecule has 0 heterocycles. The molecule has 1 aromatic rings. The highest BCUT2D eigenvalue weighted by Crippen LogP contribution is 2.37. The van der Waals surface area contributed by atoms with E-state index in [1.807, 2.05) is 6.07 Å². The van der Waals surface area contributed by atoms with Crippen molar-refractivity contribution in [2.45, 2.75) is 52.0 Å². The third-order valence-electron chi connectivity index (χ3n) is 4.27. The fourth-order valence-electron chi connectivity index (χ4n) is 3.36. The highest BCUT2D eigenvalue weighted by Gasteiger charge is 2.26. The number of methoxy groups -OCH3 is 1. The Balaban J connectivity index is 2.22. The molecular weight excluding hydrogens is 250 g/mol. The molecule has 0 aliphatic heterocycles. The molecule has 3 heteroatoms. The zero-order valence-corrected chi connectivity index (χ0v) is 13.0. The molecule has 0 saturated carbocycles. The number of phenolic OH excluding ortho intramolecular Hbond substituents is 1. The lowest BCUT2D eigenvalue weighted by Gasteiger charge is -2.35. The molecule has 1 N–H and O–H groups in total. The van der Waals surface area contributed by atoms with Crippen LogP contribution >= 0.6 is 0 Å². The predicted octanol–water partition coefficient (Wildman–Crippen LogP) is 3.38. The van der Waals surface area contributed by atoms with E-state index in [1.54, 1.807) is 13.2 Å². The highest BCUT2D eigenvalue weighted by molar-refractivity contribution is 5.51. The van der Waals surface area contributed by atoms with Crippen LogP contribution in [-0.4, -0.2) is 36.2 Å². The lowest BCUT2D eigenvalue weighted by atomic mass is 9.86. The second-order valence-electron chi connectivity index (χ2n) is 5.69. The van der Waals surface area contributed by atoms with Gasteiger partial charge in [-0.05, 0) is 56.8 Å². The molecule has 20 heavy (non-hydrogen) atoms. The maximum Gasteiger partial charge on any atom is 0.163 e. The Bertz CT molecular complexity index is 439. The molecule has 112 valence electrons. The molecule has 0 fully saturated rings. The molecule has 1 atom stereocenters. The van der Waals surface area contributed by atoms with Gasteiger partial charge in [-0.1, -0.05) is 19.9 Å². The summed E-state index contributed by atoms with van der Waals surface area (Å²) in [5, 5.41) is 9.96. The van der Waals surface area contributed by atoms with Crippen molar-refractivity contribution < 1.29 is 9.84 Å². The van der Waals surface area contributed by atoms with Gasteiger partial charge in [0.15, 0.2) is 11.5 Å². The Morgan fingerprint density at radius 2 is 1.95 bits per heavy atom. The monoisotopic (exact) mass is 277 g/mol. The van der Waals surface area contributed by atoms with Crippen LogP contribution in [0.3, 0.4) is 0 Å². The standard InChI is InChI=1S/C17H27NO2/c1-4-10-18(11-5-2)14-8-6-13-7-9-16(19)17(20-3)15(13)12-14/h7,9,14,19H,4-6,8,10-12H2,1-3H3/t14-/m1/s1. The van der Waals surface area contributed by atoms with Crippen LogP contribution in [0.1, 0.15) is 44.2 Å². The maximum absolute atomic E-state index is 9.96.